The van der Waals surface area contributed by atoms with Gasteiger partial charge in [-0.2, -0.15) is 4.98 Å². The number of amides is 3. The number of phenolic OH excluding ortho intramolecular Hbond substituents is 1. The van der Waals surface area contributed by atoms with Gasteiger partial charge in [-0.1, -0.05) is 38.0 Å². The van der Waals surface area contributed by atoms with Gasteiger partial charge in [-0.15, -0.1) is 0 Å². The summed E-state index contributed by atoms with van der Waals surface area (Å²) in [5, 5.41) is 48.7. The summed E-state index contributed by atoms with van der Waals surface area (Å²) < 4.78 is 10.7. The quantitative estimate of drug-likeness (QED) is 0.0421. The van der Waals surface area contributed by atoms with Gasteiger partial charge in [0.2, 0.25) is 24.2 Å². The molecule has 0 bridgehead atoms. The third kappa shape index (κ3) is 24.5. The Morgan fingerprint density at radius 2 is 1.51 bits per heavy atom. The zero-order valence-corrected chi connectivity index (χ0v) is 42.7. The van der Waals surface area contributed by atoms with Crippen molar-refractivity contribution in [3.63, 3.8) is 0 Å². The fraction of sp³-hybridized carbons (Fsp3) is 0.560. The number of nitrogens with one attached hydrogen (secondary N) is 2. The van der Waals surface area contributed by atoms with Gasteiger partial charge in [0.05, 0.1) is 43.9 Å². The van der Waals surface area contributed by atoms with Crippen LogP contribution in [0.2, 0.25) is 0 Å². The number of nitrogen functional groups attached to an aromatic ring is 1. The van der Waals surface area contributed by atoms with E-state index in [1.807, 2.05) is 12.1 Å². The van der Waals surface area contributed by atoms with E-state index < -0.39 is 18.2 Å². The third-order valence-electron chi connectivity index (χ3n) is 11.5. The second-order valence-corrected chi connectivity index (χ2v) is 17.4. The van der Waals surface area contributed by atoms with Crippen LogP contribution in [0.1, 0.15) is 94.0 Å². The number of aldehydes is 1. The molecular weight excluding hydrogens is 949 g/mol. The van der Waals surface area contributed by atoms with E-state index in [4.69, 9.17) is 50.0 Å². The number of methoxy groups -OCH3 is 1. The number of carboxylic acid groups (broad SMARTS) is 2. The second kappa shape index (κ2) is 35.5. The lowest BCUT2D eigenvalue weighted by molar-refractivity contribution is -0.134. The summed E-state index contributed by atoms with van der Waals surface area (Å²) >= 11 is 0. The van der Waals surface area contributed by atoms with E-state index in [1.54, 1.807) is 25.1 Å². The SMILES string of the molecule is CC(=O)O.CCCCCNc1nc(N)nc2c1N(Cc1ccc(CN3CCN(Cc4ccc(O)c(NC(=O)CCCCN(C)C(=O)CCC=O)c4)CC3)cc1OC)CC2.NC=O.O=CO.OC1COCC(O)C1. The number of piperazine rings is 1. The molecule has 1 aromatic heterocycles. The lowest BCUT2D eigenvalue weighted by atomic mass is 10.1. The number of anilines is 4. The van der Waals surface area contributed by atoms with Gasteiger partial charge in [0.15, 0.2) is 5.82 Å². The molecule has 3 amide bonds. The normalized spacial score (nSPS) is 15.9. The monoisotopic (exact) mass is 1030 g/mol. The molecule has 2 saturated heterocycles. The number of hydrogen-bond donors (Lipinski definition) is 9. The molecular formula is C50H78N10O13. The minimum Gasteiger partial charge on any atom is -0.506 e. The van der Waals surface area contributed by atoms with E-state index in [0.717, 1.165) is 119 Å². The van der Waals surface area contributed by atoms with Crippen LogP contribution in [0.3, 0.4) is 0 Å². The fourth-order valence-electron chi connectivity index (χ4n) is 8.01. The van der Waals surface area contributed by atoms with Crippen molar-refractivity contribution in [2.24, 2.45) is 5.73 Å². The van der Waals surface area contributed by atoms with Gasteiger partial charge in [-0.3, -0.25) is 33.8 Å². The number of aromatic hydroxyl groups is 1. The number of carbonyl (C=O) groups is 6. The molecule has 0 aliphatic carbocycles. The van der Waals surface area contributed by atoms with Crippen LogP contribution in [0.5, 0.6) is 11.5 Å². The summed E-state index contributed by atoms with van der Waals surface area (Å²) in [5.74, 6) is 0.949. The largest absolute Gasteiger partial charge is 0.506 e. The van der Waals surface area contributed by atoms with E-state index in [0.29, 0.717) is 57.2 Å². The molecule has 2 unspecified atom stereocenters. The molecule has 4 heterocycles. The summed E-state index contributed by atoms with van der Waals surface area (Å²) in [6.45, 7) is 11.9. The Hall–Kier alpha value is -6.66. The van der Waals surface area contributed by atoms with Crippen LogP contribution < -0.4 is 31.7 Å². The highest BCUT2D eigenvalue weighted by molar-refractivity contribution is 5.92. The Balaban J connectivity index is 0.000000864. The van der Waals surface area contributed by atoms with E-state index in [9.17, 15) is 19.5 Å². The van der Waals surface area contributed by atoms with Crippen molar-refractivity contribution < 1.29 is 63.8 Å². The summed E-state index contributed by atoms with van der Waals surface area (Å²) in [6.07, 6.45) is 6.77. The van der Waals surface area contributed by atoms with Crippen molar-refractivity contribution in [1.82, 2.24) is 24.7 Å². The van der Waals surface area contributed by atoms with E-state index in [1.165, 1.54) is 12.0 Å². The fourth-order valence-corrected chi connectivity index (χ4v) is 8.01. The predicted octanol–water partition coefficient (Wildman–Crippen LogP) is 2.82. The summed E-state index contributed by atoms with van der Waals surface area (Å²) in [5.41, 5.74) is 16.0. The first-order chi connectivity index (χ1) is 35.0. The summed E-state index contributed by atoms with van der Waals surface area (Å²) in [7, 11) is 3.44. The highest BCUT2D eigenvalue weighted by Crippen LogP contribution is 2.36. The maximum Gasteiger partial charge on any atom is 0.300 e. The lowest BCUT2D eigenvalue weighted by Gasteiger charge is -2.35. The van der Waals surface area contributed by atoms with Gasteiger partial charge in [0.25, 0.3) is 12.4 Å². The number of hydrogen-bond acceptors (Lipinski definition) is 18. The first kappa shape index (κ1) is 62.5. The van der Waals surface area contributed by atoms with Crippen LogP contribution in [-0.4, -0.2) is 173 Å². The van der Waals surface area contributed by atoms with Gasteiger partial charge < -0.3 is 71.7 Å². The molecule has 2 atom stereocenters. The average molecular weight is 1030 g/mol. The Morgan fingerprint density at radius 3 is 2.07 bits per heavy atom. The van der Waals surface area contributed by atoms with Crippen LogP contribution in [0.25, 0.3) is 0 Å². The molecule has 406 valence electrons. The molecule has 6 rings (SSSR count). The summed E-state index contributed by atoms with van der Waals surface area (Å²) in [4.78, 5) is 78.9. The Labute approximate surface area is 427 Å². The Kier molecular flexibility index (Phi) is 30.3. The van der Waals surface area contributed by atoms with Gasteiger partial charge in [-0.05, 0) is 48.6 Å². The second-order valence-electron chi connectivity index (χ2n) is 17.4. The molecule has 3 aromatic rings. The molecule has 3 aliphatic rings. The summed E-state index contributed by atoms with van der Waals surface area (Å²) in [6, 6.07) is 11.9. The number of aliphatic carboxylic acids is 1. The Morgan fingerprint density at radius 1 is 0.904 bits per heavy atom. The van der Waals surface area contributed by atoms with E-state index in [2.05, 4.69) is 66.2 Å². The van der Waals surface area contributed by atoms with Crippen molar-refractivity contribution in [3.05, 3.63) is 58.8 Å². The number of ether oxygens (including phenoxy) is 2. The Bertz CT molecular complexity index is 2130. The molecule has 0 spiro atoms. The number of nitrogens with zero attached hydrogens (tertiary/aromatic N) is 6. The molecule has 0 radical (unpaired) electrons. The number of rotatable bonds is 21. The zero-order chi connectivity index (χ0) is 54.1. The molecule has 2 aromatic carbocycles. The molecule has 2 fully saturated rings. The average Bonchev–Trinajstić information content (AvgIpc) is 3.75. The molecule has 73 heavy (non-hydrogen) atoms. The van der Waals surface area contributed by atoms with Gasteiger partial charge in [0, 0.05) is 117 Å². The van der Waals surface area contributed by atoms with Gasteiger partial charge in [0.1, 0.15) is 23.5 Å². The number of carboxylic acids is 1. The van der Waals surface area contributed by atoms with Crippen molar-refractivity contribution >= 4 is 60.1 Å². The topological polar surface area (TPSA) is 337 Å². The predicted molar refractivity (Wildman–Crippen MR) is 276 cm³/mol. The number of primary amides is 1. The molecule has 11 N–H and O–H groups in total. The van der Waals surface area contributed by atoms with Crippen LogP contribution in [-0.2, 0) is 59.6 Å². The van der Waals surface area contributed by atoms with Crippen LogP contribution in [0.4, 0.5) is 23.1 Å². The number of benzene rings is 2. The third-order valence-corrected chi connectivity index (χ3v) is 11.5. The van der Waals surface area contributed by atoms with Crippen molar-refractivity contribution in [3.8, 4) is 11.5 Å². The maximum atomic E-state index is 12.6. The molecule has 23 nitrogen and oxygen atoms in total. The first-order valence-electron chi connectivity index (χ1n) is 24.4. The first-order valence-corrected chi connectivity index (χ1v) is 24.4. The maximum absolute atomic E-state index is 12.6. The molecule has 23 heteroatoms. The number of fused-ring (bicyclic) bond motifs is 1. The number of aliphatic hydroxyl groups is 2. The van der Waals surface area contributed by atoms with Gasteiger partial charge >= 0.3 is 0 Å². The number of aromatic nitrogens is 2. The van der Waals surface area contributed by atoms with E-state index >= 15 is 0 Å². The van der Waals surface area contributed by atoms with Crippen LogP contribution in [0.15, 0.2) is 36.4 Å². The van der Waals surface area contributed by atoms with Crippen molar-refractivity contribution in [2.75, 3.05) is 94.5 Å². The van der Waals surface area contributed by atoms with Crippen molar-refractivity contribution in [1.29, 1.82) is 0 Å². The van der Waals surface area contributed by atoms with Crippen LogP contribution in [0, 0.1) is 0 Å². The lowest BCUT2D eigenvalue weighted by Crippen LogP contribution is -2.45. The smallest absolute Gasteiger partial charge is 0.300 e. The number of unbranched alkanes of at least 4 members (excludes halogenated alkanes) is 3. The number of nitrogens with two attached hydrogens (primary N) is 2. The molecule has 3 aliphatic heterocycles. The standard InChI is InChI=1S/C41H59N9O5.C5H10O3.C2H4O2.CH3NO.CH2O2/c1-4-5-7-17-43-40-39-33(45-41(42)46-40)16-19-50(39)29-32-14-12-31(26-36(32)55-3)28-49-22-20-48(21-23-49)27-30-13-15-35(52)34(25-30)44-37(53)10-6-8-18-47(2)38(54)11-9-24-51;6-4-1-5(7)3-8-2-4;1-2(3)4;2*2-1-3/h12-15,24-26,52H,4-11,16-23,27-29H2,1-3H3,(H,44,53)(H3,42,43,45,46);4-7H,1-3H2;1H3,(H,3,4);1H,(H2,2,3);1H,(H,2,3). The zero-order valence-electron chi connectivity index (χ0n) is 42.7. The van der Waals surface area contributed by atoms with Crippen LogP contribution >= 0.6 is 0 Å². The highest BCUT2D eigenvalue weighted by atomic mass is 16.5. The number of carbonyl (C=O) groups excluding carboxylic acids is 4. The minimum atomic E-state index is -0.833. The number of phenols is 1. The highest BCUT2D eigenvalue weighted by Gasteiger charge is 2.27. The number of aliphatic hydroxyl groups excluding tert-OH is 2. The molecule has 0 saturated carbocycles. The van der Waals surface area contributed by atoms with E-state index in [-0.39, 0.29) is 49.7 Å². The van der Waals surface area contributed by atoms with Gasteiger partial charge in [-0.25, -0.2) is 4.98 Å². The van der Waals surface area contributed by atoms with Crippen molar-refractivity contribution in [2.45, 2.75) is 110 Å². The minimum absolute atomic E-state index is 0.0351.